The van der Waals surface area contributed by atoms with Gasteiger partial charge in [0.1, 0.15) is 60.2 Å². The maximum Gasteiger partial charge on any atom is 0.409 e. The molecule has 6 heterocycles. The Morgan fingerprint density at radius 1 is 0.772 bits per heavy atom. The number of aliphatic hydroxyl groups is 2. The molecule has 7 rings (SSSR count). The normalized spacial score (nSPS) is 31.3. The fourth-order valence-corrected chi connectivity index (χ4v) is 9.79. The quantitative estimate of drug-likeness (QED) is 0.313. The van der Waals surface area contributed by atoms with E-state index in [2.05, 4.69) is 21.7 Å². The molecule has 2 N–H and O–H groups in total. The third kappa shape index (κ3) is 10.2. The van der Waals surface area contributed by atoms with E-state index in [1.165, 1.54) is 18.2 Å². The highest BCUT2D eigenvalue weighted by Gasteiger charge is 2.51. The second kappa shape index (κ2) is 20.3. The highest BCUT2D eigenvalue weighted by molar-refractivity contribution is 8.14. The number of nitrogens with zero attached hydrogens (tertiary/aromatic N) is 6. The maximum atomic E-state index is 12.4. The first-order valence-electron chi connectivity index (χ1n) is 20.3. The van der Waals surface area contributed by atoms with Crippen molar-refractivity contribution in [3.63, 3.8) is 0 Å². The molecule has 0 aliphatic carbocycles. The number of aliphatic hydroxyl groups excluding tert-OH is 2. The van der Waals surface area contributed by atoms with E-state index in [0.717, 1.165) is 54.2 Å². The topological polar surface area (TPSA) is 168 Å². The molecule has 18 heteroatoms. The standard InChI is InChI=1S/C24H35N3O5S.C15H25N3O5S/c1-5-26(6-2)24(28)31-15-19-16(3)21(30-14-17-8-10-18(29-4)11-9-17)20-22(32-19)33-23(25-20)27-12-7-13-27;1-3-17(4-2)15(21)22-8-9-11(19)12(20)10-13(23-9)24-14(16-10)18-6-5-7-18/h8-11,16,19-22H,5-7,12-15H2,1-4H3;9-13,19-20H,3-8H2,1-2H3/t16-,19-,20-,21+,22-;9-,10-,11-,12-,13-/m11/s1. The van der Waals surface area contributed by atoms with Gasteiger partial charge in [0.05, 0.1) is 25.9 Å². The Hall–Kier alpha value is -3.00. The van der Waals surface area contributed by atoms with Crippen molar-refractivity contribution in [2.45, 2.75) is 108 Å². The minimum Gasteiger partial charge on any atom is -0.497 e. The lowest BCUT2D eigenvalue weighted by molar-refractivity contribution is -0.165. The summed E-state index contributed by atoms with van der Waals surface area (Å²) in [6.45, 7) is 16.7. The summed E-state index contributed by atoms with van der Waals surface area (Å²) < 4.78 is 34.8. The minimum atomic E-state index is -1.13. The number of thioether (sulfide) groups is 2. The van der Waals surface area contributed by atoms with E-state index in [1.54, 1.807) is 28.7 Å². The fraction of sp³-hybridized carbons (Fsp3) is 0.744. The summed E-state index contributed by atoms with van der Waals surface area (Å²) in [6, 6.07) is 7.36. The molecule has 1 aromatic rings. The average Bonchev–Trinajstić information content (AvgIpc) is 3.78. The zero-order valence-electron chi connectivity index (χ0n) is 33.9. The molecule has 6 aliphatic rings. The number of ether oxygens (including phenoxy) is 6. The van der Waals surface area contributed by atoms with Gasteiger partial charge in [-0.25, -0.2) is 9.59 Å². The summed E-state index contributed by atoms with van der Waals surface area (Å²) in [5, 5.41) is 22.5. The van der Waals surface area contributed by atoms with E-state index in [-0.39, 0.29) is 54.3 Å². The van der Waals surface area contributed by atoms with Crippen LogP contribution in [-0.2, 0) is 30.3 Å². The number of amides is 2. The molecule has 0 radical (unpaired) electrons. The van der Waals surface area contributed by atoms with Gasteiger partial charge in [-0.1, -0.05) is 42.6 Å². The third-order valence-electron chi connectivity index (χ3n) is 11.3. The van der Waals surface area contributed by atoms with Crippen LogP contribution in [0.2, 0.25) is 0 Å². The summed E-state index contributed by atoms with van der Waals surface area (Å²) in [5.74, 6) is 0.846. The Kier molecular flexibility index (Phi) is 15.5. The first kappa shape index (κ1) is 43.6. The van der Waals surface area contributed by atoms with Crippen LogP contribution >= 0.6 is 23.5 Å². The summed E-state index contributed by atoms with van der Waals surface area (Å²) in [7, 11) is 1.66. The monoisotopic (exact) mass is 836 g/mol. The van der Waals surface area contributed by atoms with Crippen LogP contribution in [0.3, 0.4) is 0 Å². The molecular formula is C39H60N6O10S2. The molecule has 16 nitrogen and oxygen atoms in total. The number of hydrogen-bond donors (Lipinski definition) is 2. The van der Waals surface area contributed by atoms with Crippen molar-refractivity contribution in [3.05, 3.63) is 29.8 Å². The highest BCUT2D eigenvalue weighted by Crippen LogP contribution is 2.42. The van der Waals surface area contributed by atoms with Gasteiger partial charge in [0.15, 0.2) is 10.3 Å². The Labute approximate surface area is 344 Å². The average molecular weight is 837 g/mol. The molecule has 57 heavy (non-hydrogen) atoms. The summed E-state index contributed by atoms with van der Waals surface area (Å²) >= 11 is 3.14. The Morgan fingerprint density at radius 3 is 1.75 bits per heavy atom. The molecule has 10 atom stereocenters. The SMILES string of the molecule is CCN(CC)C(=O)OC[C@H]1O[C@@H]2SC(N3CCC3)=N[C@@H]2[C@@H](O)[C@@H]1O.CCN(CC)C(=O)OC[C@H]1O[C@@H]2SC(N3CCC3)=N[C@@H]2[C@@H](OCc2ccc(OC)cc2)[C@@H]1C. The van der Waals surface area contributed by atoms with Gasteiger partial charge in [-0.3, -0.25) is 9.98 Å². The Balaban J connectivity index is 0.000000203. The smallest absolute Gasteiger partial charge is 0.409 e. The van der Waals surface area contributed by atoms with E-state index in [9.17, 15) is 19.8 Å². The van der Waals surface area contributed by atoms with Crippen LogP contribution in [0.1, 0.15) is 53.0 Å². The van der Waals surface area contributed by atoms with Crippen LogP contribution in [0.25, 0.3) is 0 Å². The van der Waals surface area contributed by atoms with Gasteiger partial charge < -0.3 is 58.2 Å². The molecule has 0 aromatic heterocycles. The molecule has 0 bridgehead atoms. The molecule has 0 unspecified atom stereocenters. The van der Waals surface area contributed by atoms with Crippen LogP contribution in [0.4, 0.5) is 9.59 Å². The lowest BCUT2D eigenvalue weighted by Gasteiger charge is -2.41. The van der Waals surface area contributed by atoms with E-state index < -0.39 is 30.4 Å². The number of rotatable bonds is 12. The summed E-state index contributed by atoms with van der Waals surface area (Å²) in [4.78, 5) is 41.5. The van der Waals surface area contributed by atoms with Crippen molar-refractivity contribution in [2.24, 2.45) is 15.9 Å². The van der Waals surface area contributed by atoms with E-state index in [0.29, 0.717) is 32.8 Å². The lowest BCUT2D eigenvalue weighted by atomic mass is 9.90. The van der Waals surface area contributed by atoms with Gasteiger partial charge >= 0.3 is 12.2 Å². The maximum absolute atomic E-state index is 12.4. The van der Waals surface area contributed by atoms with Crippen molar-refractivity contribution < 1.29 is 48.2 Å². The van der Waals surface area contributed by atoms with Crippen LogP contribution in [-0.4, -0.2) is 178 Å². The Morgan fingerprint density at radius 2 is 1.26 bits per heavy atom. The number of carbonyl (C=O) groups is 2. The number of carbonyl (C=O) groups excluding carboxylic acids is 2. The molecule has 0 spiro atoms. The highest BCUT2D eigenvalue weighted by atomic mass is 32.2. The van der Waals surface area contributed by atoms with Crippen molar-refractivity contribution >= 4 is 46.0 Å². The molecule has 1 aromatic carbocycles. The molecule has 4 fully saturated rings. The van der Waals surface area contributed by atoms with Crippen molar-refractivity contribution in [1.82, 2.24) is 19.6 Å². The number of hydrogen-bond acceptors (Lipinski definition) is 16. The number of methoxy groups -OCH3 is 1. The van der Waals surface area contributed by atoms with Crippen molar-refractivity contribution in [3.8, 4) is 5.75 Å². The van der Waals surface area contributed by atoms with Gasteiger partial charge in [0.25, 0.3) is 0 Å². The predicted molar refractivity (Wildman–Crippen MR) is 219 cm³/mol. The first-order chi connectivity index (χ1) is 27.6. The molecule has 4 saturated heterocycles. The van der Waals surface area contributed by atoms with Crippen molar-refractivity contribution in [2.75, 3.05) is 72.7 Å². The zero-order valence-corrected chi connectivity index (χ0v) is 35.6. The second-order valence-corrected chi connectivity index (χ2v) is 16.9. The molecule has 2 amide bonds. The lowest BCUT2D eigenvalue weighted by Crippen LogP contribution is -2.56. The third-order valence-corrected chi connectivity index (χ3v) is 13.7. The van der Waals surface area contributed by atoms with E-state index in [1.807, 2.05) is 52.0 Å². The largest absolute Gasteiger partial charge is 0.497 e. The number of aliphatic imine (C=N–C) groups is 2. The van der Waals surface area contributed by atoms with Gasteiger partial charge in [-0.2, -0.15) is 0 Å². The van der Waals surface area contributed by atoms with Crippen LogP contribution in [0, 0.1) is 5.92 Å². The van der Waals surface area contributed by atoms with Gasteiger partial charge in [0.2, 0.25) is 0 Å². The second-order valence-electron chi connectivity index (χ2n) is 14.8. The van der Waals surface area contributed by atoms with E-state index in [4.69, 9.17) is 33.4 Å². The summed E-state index contributed by atoms with van der Waals surface area (Å²) in [6.07, 6.45) is -1.67. The molecule has 6 aliphatic heterocycles. The molecular weight excluding hydrogens is 777 g/mol. The van der Waals surface area contributed by atoms with Crippen molar-refractivity contribution in [1.29, 1.82) is 0 Å². The van der Waals surface area contributed by atoms with Gasteiger partial charge in [-0.15, -0.1) is 0 Å². The number of fused-ring (bicyclic) bond motifs is 2. The molecule has 0 saturated carbocycles. The predicted octanol–water partition coefficient (Wildman–Crippen LogP) is 3.69. The Bertz CT molecular complexity index is 1540. The zero-order chi connectivity index (χ0) is 40.6. The number of amidine groups is 2. The van der Waals surface area contributed by atoms with E-state index >= 15 is 0 Å². The van der Waals surface area contributed by atoms with Crippen LogP contribution in [0.5, 0.6) is 5.75 Å². The van der Waals surface area contributed by atoms with Crippen LogP contribution in [0.15, 0.2) is 34.3 Å². The van der Waals surface area contributed by atoms with Gasteiger partial charge in [0, 0.05) is 58.3 Å². The minimum absolute atomic E-state index is 0.0223. The summed E-state index contributed by atoms with van der Waals surface area (Å²) in [5.41, 5.74) is 0.596. The number of benzene rings is 1. The first-order valence-corrected chi connectivity index (χ1v) is 22.1. The molecule has 318 valence electrons. The van der Waals surface area contributed by atoms with Gasteiger partial charge in [-0.05, 0) is 58.2 Å². The fourth-order valence-electron chi connectivity index (χ4n) is 7.23. The van der Waals surface area contributed by atoms with Crippen LogP contribution < -0.4 is 4.74 Å². The number of likely N-dealkylation sites (tertiary alicyclic amines) is 2.